The van der Waals surface area contributed by atoms with E-state index in [2.05, 4.69) is 19.7 Å². The Morgan fingerprint density at radius 1 is 1.14 bits per heavy atom. The quantitative estimate of drug-likeness (QED) is 0.932. The first-order valence-electron chi connectivity index (χ1n) is 7.44. The van der Waals surface area contributed by atoms with Crippen molar-refractivity contribution in [1.82, 2.24) is 4.90 Å². The predicted molar refractivity (Wildman–Crippen MR) is 76.2 cm³/mol. The Morgan fingerprint density at radius 2 is 1.82 bits per heavy atom. The molecule has 22 heavy (non-hydrogen) atoms. The Balaban J connectivity index is 1.58. The first-order valence-corrected chi connectivity index (χ1v) is 7.44. The van der Waals surface area contributed by atoms with Crippen molar-refractivity contribution in [3.63, 3.8) is 0 Å². The maximum atomic E-state index is 12.9. The predicted octanol–water partition coefficient (Wildman–Crippen LogP) is 2.82. The maximum absolute atomic E-state index is 12.9. The van der Waals surface area contributed by atoms with Crippen LogP contribution in [-0.4, -0.2) is 36.7 Å². The molecule has 2 heterocycles. The van der Waals surface area contributed by atoms with E-state index in [9.17, 15) is 13.6 Å². The van der Waals surface area contributed by atoms with Gasteiger partial charge in [0.15, 0.2) is 11.5 Å². The molecule has 1 aromatic rings. The molecule has 2 aliphatic rings. The number of nitrogens with zero attached hydrogens (tertiary/aromatic N) is 1. The molecule has 0 unspecified atom stereocenters. The van der Waals surface area contributed by atoms with Gasteiger partial charge in [0.05, 0.1) is 6.54 Å². The van der Waals surface area contributed by atoms with Gasteiger partial charge in [-0.2, -0.15) is 0 Å². The molecule has 0 aliphatic carbocycles. The lowest BCUT2D eigenvalue weighted by Crippen LogP contribution is -2.33. The Labute approximate surface area is 127 Å². The van der Waals surface area contributed by atoms with E-state index in [1.54, 1.807) is 0 Å². The van der Waals surface area contributed by atoms with Crippen LogP contribution < -0.4 is 14.8 Å². The molecule has 3 rings (SSSR count). The molecule has 1 saturated heterocycles. The molecule has 0 radical (unpaired) electrons. The van der Waals surface area contributed by atoms with Gasteiger partial charge >= 0.3 is 6.29 Å². The standard InChI is InChI=1S/C15H18F2N2O3/c16-15(17)21-12-6-5-11(9-13(12)22-15)18-14(20)10-19-7-3-1-2-4-8-19/h5-6,9H,1-4,7-8,10H2,(H,18,20). The number of likely N-dealkylation sites (tertiary alicyclic amines) is 1. The highest BCUT2D eigenvalue weighted by atomic mass is 19.3. The number of alkyl halides is 2. The van der Waals surface area contributed by atoms with Crippen molar-refractivity contribution in [3.05, 3.63) is 18.2 Å². The van der Waals surface area contributed by atoms with Crippen LogP contribution in [0.3, 0.4) is 0 Å². The van der Waals surface area contributed by atoms with E-state index in [4.69, 9.17) is 0 Å². The number of nitrogens with one attached hydrogen (secondary N) is 1. The molecule has 0 spiro atoms. The van der Waals surface area contributed by atoms with Crippen molar-refractivity contribution in [1.29, 1.82) is 0 Å². The summed E-state index contributed by atoms with van der Waals surface area (Å²) in [4.78, 5) is 14.2. The Morgan fingerprint density at radius 3 is 2.55 bits per heavy atom. The number of hydrogen-bond acceptors (Lipinski definition) is 4. The largest absolute Gasteiger partial charge is 0.586 e. The number of anilines is 1. The third kappa shape index (κ3) is 3.65. The number of halogens is 2. The van der Waals surface area contributed by atoms with Gasteiger partial charge in [0.25, 0.3) is 0 Å². The Kier molecular flexibility index (Phi) is 4.15. The maximum Gasteiger partial charge on any atom is 0.586 e. The highest BCUT2D eigenvalue weighted by Crippen LogP contribution is 2.42. The minimum atomic E-state index is -3.64. The van der Waals surface area contributed by atoms with Gasteiger partial charge in [-0.25, -0.2) is 0 Å². The van der Waals surface area contributed by atoms with E-state index in [0.29, 0.717) is 12.2 Å². The molecule has 7 heteroatoms. The number of hydrogen-bond donors (Lipinski definition) is 1. The number of benzene rings is 1. The summed E-state index contributed by atoms with van der Waals surface area (Å²) in [5.74, 6) is -0.263. The minimum Gasteiger partial charge on any atom is -0.395 e. The van der Waals surface area contributed by atoms with Crippen molar-refractivity contribution < 1.29 is 23.0 Å². The molecule has 0 atom stereocenters. The molecule has 5 nitrogen and oxygen atoms in total. The summed E-state index contributed by atoms with van der Waals surface area (Å²) in [6, 6.07) is 4.22. The van der Waals surface area contributed by atoms with Crippen LogP contribution in [0, 0.1) is 0 Å². The van der Waals surface area contributed by atoms with Gasteiger partial charge in [0, 0.05) is 11.8 Å². The molecule has 1 aromatic carbocycles. The van der Waals surface area contributed by atoms with Crippen LogP contribution in [0.15, 0.2) is 18.2 Å². The number of ether oxygens (including phenoxy) is 2. The zero-order valence-corrected chi connectivity index (χ0v) is 12.1. The van der Waals surface area contributed by atoms with E-state index < -0.39 is 6.29 Å². The summed E-state index contributed by atoms with van der Waals surface area (Å²) in [7, 11) is 0. The van der Waals surface area contributed by atoms with E-state index in [-0.39, 0.29) is 17.4 Å². The molecular formula is C15H18F2N2O3. The van der Waals surface area contributed by atoms with Crippen LogP contribution in [0.5, 0.6) is 11.5 Å². The van der Waals surface area contributed by atoms with Crippen LogP contribution in [0.4, 0.5) is 14.5 Å². The van der Waals surface area contributed by atoms with Gasteiger partial charge < -0.3 is 14.8 Å². The van der Waals surface area contributed by atoms with E-state index in [1.165, 1.54) is 31.0 Å². The second kappa shape index (κ2) is 6.08. The van der Waals surface area contributed by atoms with E-state index in [0.717, 1.165) is 25.9 Å². The molecular weight excluding hydrogens is 294 g/mol. The molecule has 1 N–H and O–H groups in total. The lowest BCUT2D eigenvalue weighted by Gasteiger charge is -2.18. The second-order valence-electron chi connectivity index (χ2n) is 5.57. The third-order valence-corrected chi connectivity index (χ3v) is 3.75. The van der Waals surface area contributed by atoms with Crippen LogP contribution >= 0.6 is 0 Å². The molecule has 1 fully saturated rings. The normalized spacial score (nSPS) is 20.5. The lowest BCUT2D eigenvalue weighted by molar-refractivity contribution is -0.286. The number of carbonyl (C=O) groups excluding carboxylic acids is 1. The molecule has 0 aromatic heterocycles. The summed E-state index contributed by atoms with van der Waals surface area (Å²) in [6.07, 6.45) is 0.971. The monoisotopic (exact) mass is 312 g/mol. The highest BCUT2D eigenvalue weighted by Gasteiger charge is 2.43. The van der Waals surface area contributed by atoms with Gasteiger partial charge in [0.1, 0.15) is 0 Å². The SMILES string of the molecule is O=C(CN1CCCCCC1)Nc1ccc2c(c1)OC(F)(F)O2. The Bertz CT molecular complexity index is 558. The third-order valence-electron chi connectivity index (χ3n) is 3.75. The van der Waals surface area contributed by atoms with Crippen LogP contribution in [-0.2, 0) is 4.79 Å². The number of amides is 1. The van der Waals surface area contributed by atoms with Crippen LogP contribution in [0.2, 0.25) is 0 Å². The van der Waals surface area contributed by atoms with Crippen LogP contribution in [0.25, 0.3) is 0 Å². The van der Waals surface area contributed by atoms with Crippen molar-refractivity contribution in [2.24, 2.45) is 0 Å². The average Bonchev–Trinajstić information content (AvgIpc) is 2.61. The van der Waals surface area contributed by atoms with Crippen molar-refractivity contribution in [3.8, 4) is 11.5 Å². The average molecular weight is 312 g/mol. The number of fused-ring (bicyclic) bond motifs is 1. The molecule has 0 bridgehead atoms. The zero-order valence-electron chi connectivity index (χ0n) is 12.1. The number of carbonyl (C=O) groups is 1. The Hall–Kier alpha value is -1.89. The topological polar surface area (TPSA) is 50.8 Å². The van der Waals surface area contributed by atoms with Crippen molar-refractivity contribution in [2.45, 2.75) is 32.0 Å². The minimum absolute atomic E-state index is 0.0319. The fourth-order valence-corrected chi connectivity index (χ4v) is 2.72. The lowest BCUT2D eigenvalue weighted by atomic mass is 10.2. The molecule has 120 valence electrons. The zero-order chi connectivity index (χ0) is 15.6. The summed E-state index contributed by atoms with van der Waals surface area (Å²) in [5, 5.41) is 2.71. The van der Waals surface area contributed by atoms with Gasteiger partial charge in [-0.15, -0.1) is 8.78 Å². The van der Waals surface area contributed by atoms with E-state index in [1.807, 2.05) is 0 Å². The van der Waals surface area contributed by atoms with Crippen molar-refractivity contribution >= 4 is 11.6 Å². The van der Waals surface area contributed by atoms with Gasteiger partial charge in [-0.05, 0) is 38.1 Å². The first kappa shape index (κ1) is 15.0. The highest BCUT2D eigenvalue weighted by molar-refractivity contribution is 5.92. The smallest absolute Gasteiger partial charge is 0.395 e. The summed E-state index contributed by atoms with van der Waals surface area (Å²) >= 11 is 0. The number of rotatable bonds is 3. The molecule has 1 amide bonds. The van der Waals surface area contributed by atoms with E-state index >= 15 is 0 Å². The molecule has 2 aliphatic heterocycles. The van der Waals surface area contributed by atoms with Gasteiger partial charge in [-0.1, -0.05) is 12.8 Å². The first-order chi connectivity index (χ1) is 10.5. The van der Waals surface area contributed by atoms with Gasteiger partial charge in [-0.3, -0.25) is 9.69 Å². The van der Waals surface area contributed by atoms with Crippen LogP contribution in [0.1, 0.15) is 25.7 Å². The molecule has 0 saturated carbocycles. The van der Waals surface area contributed by atoms with Gasteiger partial charge in [0.2, 0.25) is 5.91 Å². The summed E-state index contributed by atoms with van der Waals surface area (Å²) in [6.45, 7) is 2.15. The summed E-state index contributed by atoms with van der Waals surface area (Å²) < 4.78 is 34.6. The summed E-state index contributed by atoms with van der Waals surface area (Å²) in [5.41, 5.74) is 0.417. The second-order valence-corrected chi connectivity index (χ2v) is 5.57. The fraction of sp³-hybridized carbons (Fsp3) is 0.533. The van der Waals surface area contributed by atoms with Crippen molar-refractivity contribution in [2.75, 3.05) is 25.0 Å². The fourth-order valence-electron chi connectivity index (χ4n) is 2.72.